The van der Waals surface area contributed by atoms with Crippen LogP contribution in [0.1, 0.15) is 18.2 Å². The molecule has 0 aliphatic rings. The Bertz CT molecular complexity index is 198. The summed E-state index contributed by atoms with van der Waals surface area (Å²) < 4.78 is 2.18. The summed E-state index contributed by atoms with van der Waals surface area (Å²) in [7, 11) is 2.09. The van der Waals surface area contributed by atoms with Crippen molar-refractivity contribution < 1.29 is 0 Å². The molecule has 1 aromatic rings. The molecule has 0 spiro atoms. The molecule has 50 valence electrons. The molecule has 1 nitrogen and oxygen atoms in total. The molecule has 0 unspecified atom stereocenters. The molecular formula is C8H13N. The van der Waals surface area contributed by atoms with Crippen LogP contribution in [0.15, 0.2) is 12.3 Å². The van der Waals surface area contributed by atoms with Gasteiger partial charge in [0.1, 0.15) is 0 Å². The highest BCUT2D eigenvalue weighted by Crippen LogP contribution is 2.05. The van der Waals surface area contributed by atoms with Gasteiger partial charge in [0.05, 0.1) is 0 Å². The Hall–Kier alpha value is -0.720. The minimum atomic E-state index is 1.13. The fourth-order valence-electron chi connectivity index (χ4n) is 1.14. The first-order valence-corrected chi connectivity index (χ1v) is 3.36. The highest BCUT2D eigenvalue weighted by atomic mass is 14.9. The molecule has 0 saturated heterocycles. The Morgan fingerprint density at radius 2 is 2.22 bits per heavy atom. The van der Waals surface area contributed by atoms with E-state index in [0.29, 0.717) is 0 Å². The molecule has 0 atom stereocenters. The summed E-state index contributed by atoms with van der Waals surface area (Å²) in [4.78, 5) is 0. The van der Waals surface area contributed by atoms with Crippen molar-refractivity contribution in [3.05, 3.63) is 23.5 Å². The van der Waals surface area contributed by atoms with E-state index in [-0.39, 0.29) is 0 Å². The highest BCUT2D eigenvalue weighted by molar-refractivity contribution is 5.16. The van der Waals surface area contributed by atoms with E-state index >= 15 is 0 Å². The largest absolute Gasteiger partial charge is 0.354 e. The summed E-state index contributed by atoms with van der Waals surface area (Å²) in [6.45, 7) is 4.30. The van der Waals surface area contributed by atoms with E-state index in [1.165, 1.54) is 11.3 Å². The van der Waals surface area contributed by atoms with Gasteiger partial charge in [-0.3, -0.25) is 0 Å². The van der Waals surface area contributed by atoms with Crippen LogP contribution in [0.5, 0.6) is 0 Å². The standard InChI is InChI=1S/C8H13N/c1-4-8-5-7(2)6-9(8)3/h5-6H,4H2,1-3H3. The zero-order valence-electron chi connectivity index (χ0n) is 6.31. The number of hydrogen-bond acceptors (Lipinski definition) is 0. The molecule has 0 aliphatic heterocycles. The number of hydrogen-bond donors (Lipinski definition) is 0. The van der Waals surface area contributed by atoms with Crippen molar-refractivity contribution in [3.63, 3.8) is 0 Å². The number of nitrogens with zero attached hydrogens (tertiary/aromatic N) is 1. The molecule has 1 rings (SSSR count). The number of aryl methyl sites for hydroxylation is 3. The average molecular weight is 123 g/mol. The van der Waals surface area contributed by atoms with Gasteiger partial charge in [-0.05, 0) is 25.0 Å². The van der Waals surface area contributed by atoms with Crippen LogP contribution in [-0.4, -0.2) is 4.57 Å². The summed E-state index contributed by atoms with van der Waals surface area (Å²) >= 11 is 0. The SMILES string of the molecule is CCc1cc(C)cn1C. The lowest BCUT2D eigenvalue weighted by molar-refractivity contribution is 0.837. The molecule has 0 bridgehead atoms. The lowest BCUT2D eigenvalue weighted by Gasteiger charge is -1.95. The Morgan fingerprint density at radius 1 is 1.56 bits per heavy atom. The normalized spacial score (nSPS) is 10.1. The minimum Gasteiger partial charge on any atom is -0.354 e. The second-order valence-electron chi connectivity index (χ2n) is 2.47. The first kappa shape index (κ1) is 6.40. The van der Waals surface area contributed by atoms with Gasteiger partial charge in [0, 0.05) is 18.9 Å². The quantitative estimate of drug-likeness (QED) is 0.537. The van der Waals surface area contributed by atoms with Gasteiger partial charge in [0.25, 0.3) is 0 Å². The first-order valence-electron chi connectivity index (χ1n) is 3.36. The monoisotopic (exact) mass is 123 g/mol. The third-order valence-corrected chi connectivity index (χ3v) is 1.61. The summed E-state index contributed by atoms with van der Waals surface area (Å²) in [5.41, 5.74) is 2.77. The van der Waals surface area contributed by atoms with Crippen LogP contribution in [0.3, 0.4) is 0 Å². The van der Waals surface area contributed by atoms with E-state index in [0.717, 1.165) is 6.42 Å². The first-order chi connectivity index (χ1) is 4.24. The van der Waals surface area contributed by atoms with Crippen LogP contribution in [0.2, 0.25) is 0 Å². The molecule has 0 radical (unpaired) electrons. The average Bonchev–Trinajstić information content (AvgIpc) is 2.10. The second-order valence-corrected chi connectivity index (χ2v) is 2.47. The molecular weight excluding hydrogens is 110 g/mol. The van der Waals surface area contributed by atoms with Gasteiger partial charge < -0.3 is 4.57 Å². The predicted octanol–water partition coefficient (Wildman–Crippen LogP) is 1.90. The van der Waals surface area contributed by atoms with Crippen LogP contribution in [0.25, 0.3) is 0 Å². The number of aromatic nitrogens is 1. The van der Waals surface area contributed by atoms with Crippen molar-refractivity contribution in [1.82, 2.24) is 4.57 Å². The summed E-state index contributed by atoms with van der Waals surface area (Å²) in [6, 6.07) is 2.22. The van der Waals surface area contributed by atoms with Gasteiger partial charge in [-0.1, -0.05) is 6.92 Å². The fraction of sp³-hybridized carbons (Fsp3) is 0.500. The van der Waals surface area contributed by atoms with Gasteiger partial charge in [-0.2, -0.15) is 0 Å². The summed E-state index contributed by atoms with van der Waals surface area (Å²) in [6.07, 6.45) is 3.28. The Labute approximate surface area is 56.3 Å². The Kier molecular flexibility index (Phi) is 1.60. The Balaban J connectivity index is 3.01. The highest BCUT2D eigenvalue weighted by Gasteiger charge is 1.94. The molecule has 1 heterocycles. The maximum Gasteiger partial charge on any atom is 0.0171 e. The summed E-state index contributed by atoms with van der Waals surface area (Å²) in [5.74, 6) is 0. The van der Waals surface area contributed by atoms with E-state index in [1.54, 1.807) is 0 Å². The molecule has 0 aliphatic carbocycles. The minimum absolute atomic E-state index is 1.13. The van der Waals surface area contributed by atoms with Crippen molar-refractivity contribution in [2.24, 2.45) is 7.05 Å². The van der Waals surface area contributed by atoms with Gasteiger partial charge >= 0.3 is 0 Å². The molecule has 0 fully saturated rings. The van der Waals surface area contributed by atoms with Crippen molar-refractivity contribution in [1.29, 1.82) is 0 Å². The van der Waals surface area contributed by atoms with Crippen molar-refractivity contribution >= 4 is 0 Å². The van der Waals surface area contributed by atoms with Crippen molar-refractivity contribution in [3.8, 4) is 0 Å². The molecule has 9 heavy (non-hydrogen) atoms. The molecule has 0 amide bonds. The van der Waals surface area contributed by atoms with Gasteiger partial charge in [-0.25, -0.2) is 0 Å². The maximum atomic E-state index is 2.22. The van der Waals surface area contributed by atoms with Crippen LogP contribution < -0.4 is 0 Å². The number of rotatable bonds is 1. The maximum absolute atomic E-state index is 2.22. The molecule has 0 N–H and O–H groups in total. The Morgan fingerprint density at radius 3 is 2.44 bits per heavy atom. The van der Waals surface area contributed by atoms with E-state index in [1.807, 2.05) is 0 Å². The van der Waals surface area contributed by atoms with Crippen molar-refractivity contribution in [2.75, 3.05) is 0 Å². The fourth-order valence-corrected chi connectivity index (χ4v) is 1.14. The zero-order valence-corrected chi connectivity index (χ0v) is 6.31. The molecule has 1 heteroatoms. The van der Waals surface area contributed by atoms with Gasteiger partial charge in [-0.15, -0.1) is 0 Å². The van der Waals surface area contributed by atoms with Gasteiger partial charge in [0.15, 0.2) is 0 Å². The topological polar surface area (TPSA) is 4.93 Å². The van der Waals surface area contributed by atoms with Crippen molar-refractivity contribution in [2.45, 2.75) is 20.3 Å². The molecule has 0 saturated carbocycles. The van der Waals surface area contributed by atoms with E-state index in [4.69, 9.17) is 0 Å². The van der Waals surface area contributed by atoms with E-state index < -0.39 is 0 Å². The second kappa shape index (κ2) is 2.26. The third kappa shape index (κ3) is 1.15. The third-order valence-electron chi connectivity index (χ3n) is 1.61. The smallest absolute Gasteiger partial charge is 0.0171 e. The van der Waals surface area contributed by atoms with E-state index in [2.05, 4.69) is 37.7 Å². The van der Waals surface area contributed by atoms with Crippen LogP contribution in [0.4, 0.5) is 0 Å². The zero-order chi connectivity index (χ0) is 6.85. The molecule has 1 aromatic heterocycles. The van der Waals surface area contributed by atoms with Gasteiger partial charge in [0.2, 0.25) is 0 Å². The van der Waals surface area contributed by atoms with Crippen LogP contribution in [0, 0.1) is 6.92 Å². The predicted molar refractivity (Wildman–Crippen MR) is 39.5 cm³/mol. The lowest BCUT2D eigenvalue weighted by atomic mass is 10.3. The lowest BCUT2D eigenvalue weighted by Crippen LogP contribution is -1.90. The van der Waals surface area contributed by atoms with Crippen LogP contribution in [-0.2, 0) is 13.5 Å². The van der Waals surface area contributed by atoms with E-state index in [9.17, 15) is 0 Å². The van der Waals surface area contributed by atoms with Crippen LogP contribution >= 0.6 is 0 Å². The molecule has 0 aromatic carbocycles. The summed E-state index contributed by atoms with van der Waals surface area (Å²) in [5, 5.41) is 0.